The van der Waals surface area contributed by atoms with Crippen LogP contribution in [-0.2, 0) is 11.8 Å². The van der Waals surface area contributed by atoms with Gasteiger partial charge in [0.2, 0.25) is 0 Å². The van der Waals surface area contributed by atoms with Crippen molar-refractivity contribution in [1.82, 2.24) is 24.7 Å². The number of nitriles is 1. The highest BCUT2D eigenvalue weighted by Gasteiger charge is 2.50. The van der Waals surface area contributed by atoms with Crippen LogP contribution in [0.5, 0.6) is 0 Å². The first-order valence-electron chi connectivity index (χ1n) is 12.3. The van der Waals surface area contributed by atoms with Gasteiger partial charge in [0.25, 0.3) is 0 Å². The largest absolute Gasteiger partial charge is 0.387 e. The predicted octanol–water partition coefficient (Wildman–Crippen LogP) is 4.81. The Labute approximate surface area is 214 Å². The number of aliphatic hydroxyl groups is 1. The third kappa shape index (κ3) is 3.66. The third-order valence-corrected chi connectivity index (χ3v) is 7.97. The molecule has 4 atom stereocenters. The van der Waals surface area contributed by atoms with Crippen molar-refractivity contribution in [2.24, 2.45) is 11.8 Å². The van der Waals surface area contributed by atoms with Gasteiger partial charge >= 0.3 is 0 Å². The summed E-state index contributed by atoms with van der Waals surface area (Å²) in [7, 11) is 0. The van der Waals surface area contributed by atoms with Crippen LogP contribution in [0.1, 0.15) is 31.5 Å². The second-order valence-corrected chi connectivity index (χ2v) is 10.0. The second kappa shape index (κ2) is 8.71. The molecule has 2 aliphatic carbocycles. The minimum absolute atomic E-state index is 0.0857. The molecule has 1 aromatic carbocycles. The molecule has 0 aliphatic heterocycles. The van der Waals surface area contributed by atoms with Crippen molar-refractivity contribution in [3.8, 4) is 34.4 Å². The van der Waals surface area contributed by atoms with E-state index in [1.807, 2.05) is 35.9 Å². The molecule has 184 valence electrons. The Morgan fingerprint density at radius 1 is 1.11 bits per heavy atom. The van der Waals surface area contributed by atoms with E-state index in [2.05, 4.69) is 23.0 Å². The second-order valence-electron chi connectivity index (χ2n) is 10.0. The average molecular weight is 493 g/mol. The summed E-state index contributed by atoms with van der Waals surface area (Å²) in [6.07, 6.45) is 7.74. The van der Waals surface area contributed by atoms with Crippen LogP contribution < -0.4 is 0 Å². The quantitative estimate of drug-likeness (QED) is 0.441. The van der Waals surface area contributed by atoms with E-state index in [1.54, 1.807) is 24.5 Å². The average Bonchev–Trinajstić information content (AvgIpc) is 3.33. The summed E-state index contributed by atoms with van der Waals surface area (Å²) in [5, 5.41) is 25.6. The van der Waals surface area contributed by atoms with Crippen molar-refractivity contribution >= 4 is 0 Å². The fourth-order valence-corrected chi connectivity index (χ4v) is 6.14. The Morgan fingerprint density at radius 2 is 1.89 bits per heavy atom. The Hall–Kier alpha value is -4.22. The number of fused-ring (bicyclic) bond motifs is 3. The van der Waals surface area contributed by atoms with Gasteiger partial charge in [-0.25, -0.2) is 24.0 Å². The summed E-state index contributed by atoms with van der Waals surface area (Å²) >= 11 is 0. The number of nitrogens with zero attached hydrogens (tertiary/aromatic N) is 6. The van der Waals surface area contributed by atoms with Gasteiger partial charge in [-0.2, -0.15) is 10.4 Å². The molecular formula is C29H25FN6O. The zero-order valence-corrected chi connectivity index (χ0v) is 20.5. The van der Waals surface area contributed by atoms with Crippen molar-refractivity contribution in [2.75, 3.05) is 0 Å². The van der Waals surface area contributed by atoms with E-state index in [0.29, 0.717) is 11.4 Å². The topological polar surface area (TPSA) is 101 Å². The Kier molecular flexibility index (Phi) is 5.46. The molecule has 3 aromatic heterocycles. The first-order valence-corrected chi connectivity index (χ1v) is 12.3. The molecule has 7 nitrogen and oxygen atoms in total. The molecule has 0 bridgehead atoms. The van der Waals surface area contributed by atoms with Crippen LogP contribution in [0.3, 0.4) is 0 Å². The SMILES string of the molecule is C[C@H]1C(O)C(C#N)=C[C@@]2(C)c3c(c(-c4ccncn4)nn3-c3ccc(-c4ccc(F)cc4)cn3)CC[C@H]12. The molecule has 0 spiro atoms. The summed E-state index contributed by atoms with van der Waals surface area (Å²) in [6.45, 7) is 4.15. The van der Waals surface area contributed by atoms with E-state index in [0.717, 1.165) is 46.6 Å². The summed E-state index contributed by atoms with van der Waals surface area (Å²) in [6, 6.07) is 14.2. The molecule has 0 saturated heterocycles. The molecule has 8 heteroatoms. The molecule has 4 aromatic rings. The summed E-state index contributed by atoms with van der Waals surface area (Å²) in [4.78, 5) is 13.3. The van der Waals surface area contributed by atoms with Gasteiger partial charge in [-0.05, 0) is 60.6 Å². The number of halogens is 1. The van der Waals surface area contributed by atoms with Gasteiger partial charge in [0, 0.05) is 28.9 Å². The van der Waals surface area contributed by atoms with Crippen molar-refractivity contribution in [3.63, 3.8) is 0 Å². The van der Waals surface area contributed by atoms with Crippen LogP contribution in [0.25, 0.3) is 28.3 Å². The molecule has 0 fully saturated rings. The van der Waals surface area contributed by atoms with Crippen LogP contribution in [0.4, 0.5) is 4.39 Å². The number of aromatic nitrogens is 5. The molecular weight excluding hydrogens is 467 g/mol. The van der Waals surface area contributed by atoms with Crippen LogP contribution >= 0.6 is 0 Å². The maximum atomic E-state index is 13.4. The molecule has 6 rings (SSSR count). The van der Waals surface area contributed by atoms with Crippen molar-refractivity contribution in [3.05, 3.63) is 89.9 Å². The highest BCUT2D eigenvalue weighted by atomic mass is 19.1. The lowest BCUT2D eigenvalue weighted by Gasteiger charge is -2.47. The van der Waals surface area contributed by atoms with Gasteiger partial charge in [-0.3, -0.25) is 0 Å². The number of pyridine rings is 1. The lowest BCUT2D eigenvalue weighted by molar-refractivity contribution is 0.0664. The lowest BCUT2D eigenvalue weighted by atomic mass is 9.57. The summed E-state index contributed by atoms with van der Waals surface area (Å²) in [5.74, 6) is 0.389. The number of benzene rings is 1. The zero-order chi connectivity index (χ0) is 25.7. The van der Waals surface area contributed by atoms with Crippen molar-refractivity contribution < 1.29 is 9.50 Å². The summed E-state index contributed by atoms with van der Waals surface area (Å²) in [5.41, 5.74) is 5.11. The Bertz CT molecular complexity index is 1540. The van der Waals surface area contributed by atoms with E-state index >= 15 is 0 Å². The monoisotopic (exact) mass is 492 g/mol. The molecule has 1 unspecified atom stereocenters. The van der Waals surface area contributed by atoms with Crippen LogP contribution in [0.15, 0.2) is 72.8 Å². The molecule has 37 heavy (non-hydrogen) atoms. The Balaban J connectivity index is 1.55. The molecule has 3 heterocycles. The van der Waals surface area contributed by atoms with Gasteiger partial charge in [0.15, 0.2) is 5.82 Å². The predicted molar refractivity (Wildman–Crippen MR) is 136 cm³/mol. The van der Waals surface area contributed by atoms with Gasteiger partial charge in [-0.1, -0.05) is 32.1 Å². The normalized spacial score (nSPS) is 24.5. The lowest BCUT2D eigenvalue weighted by Crippen LogP contribution is -2.47. The smallest absolute Gasteiger partial charge is 0.153 e. The standard InChI is InChI=1S/C29H25FN6O/c1-17-23-9-8-22-26(24-11-12-32-16-34-24)35-36(28(22)29(23,2)13-20(14-31)27(17)37)25-10-5-19(15-33-25)18-3-6-21(30)7-4-18/h3-7,10-13,15-17,23,27,37H,8-9H2,1-2H3/t17-,23-,27?,29-/m1/s1. The number of rotatable bonds is 3. The van der Waals surface area contributed by atoms with Gasteiger partial charge in [0.1, 0.15) is 17.8 Å². The van der Waals surface area contributed by atoms with Crippen LogP contribution in [0, 0.1) is 29.0 Å². The highest BCUT2D eigenvalue weighted by molar-refractivity contribution is 5.65. The van der Waals surface area contributed by atoms with E-state index in [-0.39, 0.29) is 17.7 Å². The maximum absolute atomic E-state index is 13.4. The fraction of sp³-hybridized carbons (Fsp3) is 0.276. The molecule has 0 radical (unpaired) electrons. The molecule has 2 aliphatic rings. The first-order chi connectivity index (χ1) is 17.9. The van der Waals surface area contributed by atoms with Gasteiger partial charge in [-0.15, -0.1) is 0 Å². The summed E-state index contributed by atoms with van der Waals surface area (Å²) < 4.78 is 15.3. The fourth-order valence-electron chi connectivity index (χ4n) is 6.14. The van der Waals surface area contributed by atoms with Crippen molar-refractivity contribution in [1.29, 1.82) is 5.26 Å². The number of aliphatic hydroxyl groups excluding tert-OH is 1. The van der Waals surface area contributed by atoms with E-state index in [4.69, 9.17) is 10.1 Å². The van der Waals surface area contributed by atoms with Gasteiger partial charge in [0.05, 0.1) is 29.1 Å². The zero-order valence-electron chi connectivity index (χ0n) is 20.5. The van der Waals surface area contributed by atoms with Gasteiger partial charge < -0.3 is 5.11 Å². The third-order valence-electron chi connectivity index (χ3n) is 7.97. The Morgan fingerprint density at radius 3 is 2.57 bits per heavy atom. The van der Waals surface area contributed by atoms with Crippen molar-refractivity contribution in [2.45, 2.75) is 38.2 Å². The number of allylic oxidation sites excluding steroid dienone is 1. The minimum Gasteiger partial charge on any atom is -0.387 e. The number of hydrogen-bond donors (Lipinski definition) is 1. The first kappa shape index (κ1) is 23.2. The van der Waals surface area contributed by atoms with E-state index in [9.17, 15) is 14.8 Å². The molecule has 0 saturated carbocycles. The minimum atomic E-state index is -0.782. The molecule has 0 amide bonds. The molecule has 1 N–H and O–H groups in total. The maximum Gasteiger partial charge on any atom is 0.153 e. The van der Waals surface area contributed by atoms with E-state index < -0.39 is 11.5 Å². The number of hydrogen-bond acceptors (Lipinski definition) is 6. The highest BCUT2D eigenvalue weighted by Crippen LogP contribution is 2.52. The van der Waals surface area contributed by atoms with E-state index in [1.165, 1.54) is 18.5 Å². The van der Waals surface area contributed by atoms with Crippen LogP contribution in [-0.4, -0.2) is 35.9 Å². The van der Waals surface area contributed by atoms with Crippen LogP contribution in [0.2, 0.25) is 0 Å².